The summed E-state index contributed by atoms with van der Waals surface area (Å²) in [5.41, 5.74) is 0.606. The van der Waals surface area contributed by atoms with Gasteiger partial charge in [-0.2, -0.15) is 0 Å². The van der Waals surface area contributed by atoms with E-state index in [0.29, 0.717) is 5.52 Å². The fourth-order valence-electron chi connectivity index (χ4n) is 1.02. The number of aromatic nitrogens is 1. The van der Waals surface area contributed by atoms with Gasteiger partial charge in [0, 0.05) is 44.4 Å². The maximum absolute atomic E-state index is 9.29. The minimum Gasteiger partial charge on any atom is -0.525 e. The molecule has 57 valence electrons. The van der Waals surface area contributed by atoms with Crippen LogP contribution in [-0.4, -0.2) is 10.1 Å². The molecule has 0 aliphatic rings. The van der Waals surface area contributed by atoms with E-state index in [4.69, 9.17) is 0 Å². The van der Waals surface area contributed by atoms with Gasteiger partial charge in [0.05, 0.1) is 5.75 Å². The summed E-state index contributed by atoms with van der Waals surface area (Å²) in [6.45, 7) is 0. The Morgan fingerprint density at radius 3 is 2.92 bits per heavy atom. The van der Waals surface area contributed by atoms with Crippen molar-refractivity contribution in [1.29, 1.82) is 0 Å². The summed E-state index contributed by atoms with van der Waals surface area (Å²) in [4.78, 5) is 4.00. The number of hydrogen-bond donors (Lipinski definition) is 1. The van der Waals surface area contributed by atoms with Crippen LogP contribution < -0.4 is 0 Å². The Bertz CT molecular complexity index is 384. The number of pyridine rings is 1. The van der Waals surface area contributed by atoms with Crippen LogP contribution in [0, 0.1) is 6.07 Å². The summed E-state index contributed by atoms with van der Waals surface area (Å²) in [7, 11) is 0. The first-order valence-corrected chi connectivity index (χ1v) is 3.32. The number of rotatable bonds is 0. The van der Waals surface area contributed by atoms with Gasteiger partial charge >= 0.3 is 0 Å². The molecule has 3 heteroatoms. The van der Waals surface area contributed by atoms with E-state index < -0.39 is 0 Å². The molecule has 0 atom stereocenters. The third-order valence-corrected chi connectivity index (χ3v) is 1.53. The third-order valence-electron chi connectivity index (χ3n) is 1.53. The van der Waals surface area contributed by atoms with Crippen molar-refractivity contribution in [2.45, 2.75) is 0 Å². The average molecular weight is 233 g/mol. The molecule has 2 rings (SSSR count). The van der Waals surface area contributed by atoms with Gasteiger partial charge < -0.3 is 10.1 Å². The molecule has 0 fully saturated rings. The number of aromatic hydroxyl groups is 1. The van der Waals surface area contributed by atoms with Crippen molar-refractivity contribution in [3.05, 3.63) is 36.5 Å². The summed E-state index contributed by atoms with van der Waals surface area (Å²) in [5, 5.41) is 10.1. The van der Waals surface area contributed by atoms with E-state index in [1.807, 2.05) is 12.1 Å². The van der Waals surface area contributed by atoms with Crippen LogP contribution in [0.3, 0.4) is 0 Å². The molecule has 0 unspecified atom stereocenters. The first-order valence-electron chi connectivity index (χ1n) is 3.32. The van der Waals surface area contributed by atoms with Gasteiger partial charge in [-0.15, -0.1) is 23.6 Å². The van der Waals surface area contributed by atoms with Crippen LogP contribution in [0.4, 0.5) is 0 Å². The summed E-state index contributed by atoms with van der Waals surface area (Å²) in [6.07, 6.45) is 1.65. The van der Waals surface area contributed by atoms with E-state index in [9.17, 15) is 5.11 Å². The van der Waals surface area contributed by atoms with E-state index in [2.05, 4.69) is 11.1 Å². The van der Waals surface area contributed by atoms with Gasteiger partial charge in [0.25, 0.3) is 0 Å². The minimum absolute atomic E-state index is 0. The van der Waals surface area contributed by atoms with Crippen molar-refractivity contribution >= 4 is 10.9 Å². The molecule has 1 radical (unpaired) electrons. The predicted molar refractivity (Wildman–Crippen MR) is 42.2 cm³/mol. The number of phenolic OH excluding ortho intramolecular Hbond substituents is 1. The zero-order valence-electron chi connectivity index (χ0n) is 6.36. The molecule has 0 saturated heterocycles. The topological polar surface area (TPSA) is 33.1 Å². The monoisotopic (exact) mass is 233 g/mol. The minimum atomic E-state index is 0. The molecular weight excluding hydrogens is 227 g/mol. The molecule has 0 amide bonds. The molecular formula is C9H6NOY-. The first kappa shape index (κ1) is 9.62. The Kier molecular flexibility index (Phi) is 3.18. The number of benzene rings is 1. The summed E-state index contributed by atoms with van der Waals surface area (Å²) < 4.78 is 0. The van der Waals surface area contributed by atoms with Gasteiger partial charge in [-0.05, 0) is 0 Å². The largest absolute Gasteiger partial charge is 0.525 e. The second kappa shape index (κ2) is 3.97. The molecule has 1 heterocycles. The van der Waals surface area contributed by atoms with Crippen molar-refractivity contribution in [1.82, 2.24) is 4.98 Å². The molecule has 1 aromatic heterocycles. The normalized spacial score (nSPS) is 9.33. The molecule has 1 aromatic carbocycles. The number of phenols is 1. The first-order chi connectivity index (χ1) is 5.38. The van der Waals surface area contributed by atoms with Crippen LogP contribution in [-0.2, 0) is 32.7 Å². The van der Waals surface area contributed by atoms with E-state index in [1.54, 1.807) is 18.3 Å². The molecule has 0 aliphatic carbocycles. The Balaban J connectivity index is 0.000000720. The van der Waals surface area contributed by atoms with Gasteiger partial charge in [0.1, 0.15) is 0 Å². The van der Waals surface area contributed by atoms with Crippen LogP contribution in [0.5, 0.6) is 5.75 Å². The van der Waals surface area contributed by atoms with Crippen LogP contribution in [0.25, 0.3) is 10.9 Å². The quantitative estimate of drug-likeness (QED) is 0.703. The van der Waals surface area contributed by atoms with Gasteiger partial charge in [-0.1, -0.05) is 12.1 Å². The average Bonchev–Trinajstić information content (AvgIpc) is 2.06. The van der Waals surface area contributed by atoms with Crippen molar-refractivity contribution in [2.75, 3.05) is 0 Å². The zero-order valence-corrected chi connectivity index (χ0v) is 9.20. The number of hydrogen-bond acceptors (Lipinski definition) is 2. The molecule has 1 N–H and O–H groups in total. The molecule has 2 nitrogen and oxygen atoms in total. The second-order valence-corrected chi connectivity index (χ2v) is 2.26. The maximum atomic E-state index is 9.29. The Morgan fingerprint density at radius 1 is 1.33 bits per heavy atom. The van der Waals surface area contributed by atoms with Gasteiger partial charge in [-0.3, -0.25) is 0 Å². The van der Waals surface area contributed by atoms with Crippen molar-refractivity contribution in [2.24, 2.45) is 0 Å². The Morgan fingerprint density at radius 2 is 2.17 bits per heavy atom. The van der Waals surface area contributed by atoms with Gasteiger partial charge in [0.15, 0.2) is 0 Å². The molecule has 0 aliphatic heterocycles. The molecule has 0 bridgehead atoms. The second-order valence-electron chi connectivity index (χ2n) is 2.26. The summed E-state index contributed by atoms with van der Waals surface area (Å²) in [5.74, 6) is 0.208. The molecule has 12 heavy (non-hydrogen) atoms. The number of nitrogens with zero attached hydrogens (tertiary/aromatic N) is 1. The third kappa shape index (κ3) is 1.65. The van der Waals surface area contributed by atoms with Crippen molar-refractivity contribution < 1.29 is 37.8 Å². The van der Waals surface area contributed by atoms with E-state index in [-0.39, 0.29) is 38.5 Å². The number of fused-ring (bicyclic) bond motifs is 1. The van der Waals surface area contributed by atoms with Crippen LogP contribution >= 0.6 is 0 Å². The van der Waals surface area contributed by atoms with Crippen LogP contribution in [0.15, 0.2) is 30.5 Å². The Hall–Kier alpha value is -0.466. The molecule has 0 spiro atoms. The van der Waals surface area contributed by atoms with E-state index in [0.717, 1.165) is 5.39 Å². The zero-order chi connectivity index (χ0) is 7.68. The SMILES string of the molecule is Oc1cc[c-]c2cccnc12.[Y]. The van der Waals surface area contributed by atoms with Crippen LogP contribution in [0.2, 0.25) is 0 Å². The summed E-state index contributed by atoms with van der Waals surface area (Å²) >= 11 is 0. The van der Waals surface area contributed by atoms with Gasteiger partial charge in [0.2, 0.25) is 0 Å². The van der Waals surface area contributed by atoms with E-state index >= 15 is 0 Å². The van der Waals surface area contributed by atoms with Crippen molar-refractivity contribution in [3.63, 3.8) is 0 Å². The summed E-state index contributed by atoms with van der Waals surface area (Å²) in [6, 6.07) is 9.91. The standard InChI is InChI=1S/C9H6NO.Y/c11-8-5-1-3-7-4-2-6-10-9(7)8;/h1-2,4-6,11H;/q-1;. The molecule has 2 aromatic rings. The van der Waals surface area contributed by atoms with E-state index in [1.165, 1.54) is 0 Å². The fraction of sp³-hybridized carbons (Fsp3) is 0. The smallest absolute Gasteiger partial charge is 0.0597 e. The Labute approximate surface area is 95.5 Å². The maximum Gasteiger partial charge on any atom is 0.0597 e. The predicted octanol–water partition coefficient (Wildman–Crippen LogP) is 1.74. The van der Waals surface area contributed by atoms with Crippen LogP contribution in [0.1, 0.15) is 0 Å². The van der Waals surface area contributed by atoms with Gasteiger partial charge in [-0.25, -0.2) is 0 Å². The van der Waals surface area contributed by atoms with Crippen molar-refractivity contribution in [3.8, 4) is 5.75 Å². The fourth-order valence-corrected chi connectivity index (χ4v) is 1.02. The molecule has 0 saturated carbocycles.